The molecule has 8 heteroatoms. The number of pyridine rings is 1. The van der Waals surface area contributed by atoms with Crippen LogP contribution in [0.15, 0.2) is 114 Å². The van der Waals surface area contributed by atoms with Crippen LogP contribution in [0.4, 0.5) is 5.69 Å². The van der Waals surface area contributed by atoms with Crippen molar-refractivity contribution in [1.82, 2.24) is 9.47 Å². The van der Waals surface area contributed by atoms with Gasteiger partial charge in [0.25, 0.3) is 5.56 Å². The van der Waals surface area contributed by atoms with Gasteiger partial charge in [-0.05, 0) is 106 Å². The highest BCUT2D eigenvalue weighted by Crippen LogP contribution is 2.33. The maximum Gasteiger partial charge on any atom is 0.257 e. The molecule has 0 atom stereocenters. The second kappa shape index (κ2) is 24.5. The molecule has 1 aliphatic rings. The molecule has 0 bridgehead atoms. The third kappa shape index (κ3) is 14.8. The van der Waals surface area contributed by atoms with Crippen LogP contribution >= 0.6 is 23.2 Å². The van der Waals surface area contributed by atoms with Gasteiger partial charge in [-0.3, -0.25) is 14.5 Å². The van der Waals surface area contributed by atoms with Crippen LogP contribution in [0.25, 0.3) is 10.9 Å². The zero-order chi connectivity index (χ0) is 37.5. The number of nitrogens with zero attached hydrogens (tertiary/aromatic N) is 3. The average Bonchev–Trinajstić information content (AvgIpc) is 3.16. The average molecular weight is 759 g/mol. The number of hydrogen-bond acceptors (Lipinski definition) is 5. The highest BCUT2D eigenvalue weighted by atomic mass is 35.5. The highest BCUT2D eigenvalue weighted by molar-refractivity contribution is 6.43. The number of unbranched alkanes of at least 4 members (excludes halogenated alkanes) is 4. The first-order chi connectivity index (χ1) is 26.0. The molecule has 2 heterocycles. The smallest absolute Gasteiger partial charge is 0.257 e. The van der Waals surface area contributed by atoms with Crippen LogP contribution < -0.4 is 15.2 Å². The van der Waals surface area contributed by atoms with Gasteiger partial charge in [-0.15, -0.1) is 0 Å². The SMILES string of the molecule is CCC=CCC=CCC=CCC=CCC=CCCCCCC(=O)n1c(=O)ccc2ccc(OCCCCN3CCN(c4cccc(Cl)c4Cl)CC3)cc21. The Hall–Kier alpha value is -3.84. The van der Waals surface area contributed by atoms with Gasteiger partial charge in [0.2, 0.25) is 5.91 Å². The molecule has 0 aliphatic carbocycles. The van der Waals surface area contributed by atoms with Crippen LogP contribution in [0.5, 0.6) is 5.75 Å². The molecule has 3 aromatic rings. The Labute approximate surface area is 327 Å². The minimum absolute atomic E-state index is 0.162. The number of allylic oxidation sites excluding steroid dienone is 10. The highest BCUT2D eigenvalue weighted by Gasteiger charge is 2.19. The standard InChI is InChI=1S/C45H57Cl2N3O3/c1-2-3-4-5-6-7-8-9-10-11-12-13-14-15-16-17-18-19-20-26-43(51)50-42-37-39(29-27-38(42)28-30-44(50)52)53-36-22-21-31-48-32-34-49(35-33-48)41-25-23-24-40(46)45(41)47/h3-4,6-7,9-10,12-13,15-16,23-25,27-30,37H,2,5,8,11,14,17-22,26,31-36H2,1H3. The number of ether oxygens (including phenoxy) is 1. The van der Waals surface area contributed by atoms with E-state index in [1.165, 1.54) is 10.6 Å². The van der Waals surface area contributed by atoms with Crippen LogP contribution in [0.2, 0.25) is 10.0 Å². The second-order valence-corrected chi connectivity index (χ2v) is 14.2. The Kier molecular flexibility index (Phi) is 19.3. The number of halogens is 2. The van der Waals surface area contributed by atoms with E-state index in [2.05, 4.69) is 77.5 Å². The monoisotopic (exact) mass is 757 g/mol. The van der Waals surface area contributed by atoms with Crippen molar-refractivity contribution < 1.29 is 9.53 Å². The van der Waals surface area contributed by atoms with Gasteiger partial charge in [0, 0.05) is 44.7 Å². The fourth-order valence-corrected chi connectivity index (χ4v) is 6.75. The molecule has 0 unspecified atom stereocenters. The minimum Gasteiger partial charge on any atom is -0.494 e. The quantitative estimate of drug-likeness (QED) is 0.0754. The Bertz CT molecular complexity index is 1770. The molecular weight excluding hydrogens is 701 g/mol. The molecule has 284 valence electrons. The summed E-state index contributed by atoms with van der Waals surface area (Å²) in [5.41, 5.74) is 1.32. The van der Waals surface area contributed by atoms with Gasteiger partial charge in [-0.2, -0.15) is 0 Å². The summed E-state index contributed by atoms with van der Waals surface area (Å²) in [5, 5.41) is 2.06. The Balaban J connectivity index is 1.10. The summed E-state index contributed by atoms with van der Waals surface area (Å²) >= 11 is 12.6. The number of fused-ring (bicyclic) bond motifs is 1. The van der Waals surface area contributed by atoms with Crippen molar-refractivity contribution in [2.24, 2.45) is 0 Å². The van der Waals surface area contributed by atoms with Crippen LogP contribution in [-0.2, 0) is 0 Å². The van der Waals surface area contributed by atoms with Gasteiger partial charge in [0.1, 0.15) is 5.75 Å². The van der Waals surface area contributed by atoms with Crippen LogP contribution in [0.3, 0.4) is 0 Å². The predicted molar refractivity (Wildman–Crippen MR) is 226 cm³/mol. The normalized spacial score (nSPS) is 14.4. The summed E-state index contributed by atoms with van der Waals surface area (Å²) in [6.07, 6.45) is 33.1. The number of rotatable bonds is 22. The number of carbonyl (C=O) groups is 1. The molecule has 4 rings (SSSR count). The molecule has 53 heavy (non-hydrogen) atoms. The molecule has 1 aromatic heterocycles. The van der Waals surface area contributed by atoms with E-state index in [0.29, 0.717) is 34.3 Å². The first kappa shape index (κ1) is 41.9. The van der Waals surface area contributed by atoms with Crippen LogP contribution in [-0.4, -0.2) is 54.7 Å². The number of carbonyl (C=O) groups excluding carboxylic acids is 1. The van der Waals surface area contributed by atoms with Crippen molar-refractivity contribution >= 4 is 45.7 Å². The molecule has 0 amide bonds. The molecule has 0 N–H and O–H groups in total. The van der Waals surface area contributed by atoms with Crippen molar-refractivity contribution in [2.45, 2.75) is 84.0 Å². The first-order valence-corrected chi connectivity index (χ1v) is 20.2. The van der Waals surface area contributed by atoms with E-state index in [1.54, 1.807) is 6.07 Å². The number of aromatic nitrogens is 1. The fraction of sp³-hybridized carbons (Fsp3) is 0.422. The van der Waals surface area contributed by atoms with Gasteiger partial charge in [-0.25, -0.2) is 4.57 Å². The van der Waals surface area contributed by atoms with E-state index < -0.39 is 0 Å². The number of anilines is 1. The molecule has 0 saturated carbocycles. The lowest BCUT2D eigenvalue weighted by Crippen LogP contribution is -2.46. The molecule has 1 aliphatic heterocycles. The van der Waals surface area contributed by atoms with Gasteiger partial charge >= 0.3 is 0 Å². The van der Waals surface area contributed by atoms with Crippen molar-refractivity contribution in [2.75, 3.05) is 44.2 Å². The van der Waals surface area contributed by atoms with E-state index in [9.17, 15) is 9.59 Å². The lowest BCUT2D eigenvalue weighted by atomic mass is 10.1. The lowest BCUT2D eigenvalue weighted by Gasteiger charge is -2.36. The van der Waals surface area contributed by atoms with E-state index in [1.807, 2.05) is 36.4 Å². The molecule has 0 spiro atoms. The summed E-state index contributed by atoms with van der Waals surface area (Å²) in [4.78, 5) is 30.8. The van der Waals surface area contributed by atoms with Crippen molar-refractivity contribution in [3.63, 3.8) is 0 Å². The summed E-state index contributed by atoms with van der Waals surface area (Å²) in [6, 6.07) is 14.7. The van der Waals surface area contributed by atoms with Crippen molar-refractivity contribution in [3.05, 3.63) is 130 Å². The largest absolute Gasteiger partial charge is 0.494 e. The van der Waals surface area contributed by atoms with E-state index in [4.69, 9.17) is 27.9 Å². The Morgan fingerprint density at radius 2 is 1.40 bits per heavy atom. The summed E-state index contributed by atoms with van der Waals surface area (Å²) in [5.74, 6) is 0.513. The van der Waals surface area contributed by atoms with Crippen LogP contribution in [0, 0.1) is 0 Å². The molecule has 6 nitrogen and oxygen atoms in total. The molecular formula is C45H57Cl2N3O3. The Morgan fingerprint density at radius 1 is 0.736 bits per heavy atom. The third-order valence-corrected chi connectivity index (χ3v) is 10.1. The maximum absolute atomic E-state index is 13.2. The predicted octanol–water partition coefficient (Wildman–Crippen LogP) is 11.6. The van der Waals surface area contributed by atoms with Crippen LogP contribution in [0.1, 0.15) is 88.8 Å². The van der Waals surface area contributed by atoms with E-state index in [0.717, 1.165) is 114 Å². The molecule has 1 saturated heterocycles. The molecule has 1 fully saturated rings. The second-order valence-electron chi connectivity index (χ2n) is 13.4. The minimum atomic E-state index is -0.295. The Morgan fingerprint density at radius 3 is 2.09 bits per heavy atom. The third-order valence-electron chi connectivity index (χ3n) is 9.32. The number of benzene rings is 2. The van der Waals surface area contributed by atoms with Crippen molar-refractivity contribution in [1.29, 1.82) is 0 Å². The summed E-state index contributed by atoms with van der Waals surface area (Å²) in [7, 11) is 0. The number of piperazine rings is 1. The summed E-state index contributed by atoms with van der Waals surface area (Å²) in [6.45, 7) is 7.52. The number of hydrogen-bond donors (Lipinski definition) is 0. The topological polar surface area (TPSA) is 54.8 Å². The van der Waals surface area contributed by atoms with Gasteiger partial charge in [-0.1, -0.05) is 103 Å². The maximum atomic E-state index is 13.2. The zero-order valence-corrected chi connectivity index (χ0v) is 33.0. The summed E-state index contributed by atoms with van der Waals surface area (Å²) < 4.78 is 7.40. The van der Waals surface area contributed by atoms with Crippen molar-refractivity contribution in [3.8, 4) is 5.75 Å². The van der Waals surface area contributed by atoms with Gasteiger partial charge in [0.15, 0.2) is 0 Å². The molecule has 2 aromatic carbocycles. The van der Waals surface area contributed by atoms with Gasteiger partial charge in [0.05, 0.1) is 27.9 Å². The fourth-order valence-electron chi connectivity index (χ4n) is 6.33. The van der Waals surface area contributed by atoms with E-state index >= 15 is 0 Å². The van der Waals surface area contributed by atoms with E-state index in [-0.39, 0.29) is 11.5 Å². The zero-order valence-electron chi connectivity index (χ0n) is 31.4. The molecule has 0 radical (unpaired) electrons. The van der Waals surface area contributed by atoms with Gasteiger partial charge < -0.3 is 9.64 Å². The first-order valence-electron chi connectivity index (χ1n) is 19.5. The lowest BCUT2D eigenvalue weighted by molar-refractivity contribution is 0.0900.